The van der Waals surface area contributed by atoms with Crippen molar-refractivity contribution >= 4 is 11.5 Å². The van der Waals surface area contributed by atoms with Gasteiger partial charge in [0.15, 0.2) is 0 Å². The predicted molar refractivity (Wildman–Crippen MR) is 44.7 cm³/mol. The van der Waals surface area contributed by atoms with Gasteiger partial charge < -0.3 is 10.6 Å². The summed E-state index contributed by atoms with van der Waals surface area (Å²) >= 11 is 0. The van der Waals surface area contributed by atoms with Crippen molar-refractivity contribution in [1.82, 2.24) is 9.97 Å². The van der Waals surface area contributed by atoms with Gasteiger partial charge in [-0.05, 0) is 0 Å². The Kier molecular flexibility index (Phi) is 1.39. The molecule has 1 aliphatic heterocycles. The van der Waals surface area contributed by atoms with Crippen LogP contribution in [0.5, 0.6) is 0 Å². The van der Waals surface area contributed by atoms with Crippen molar-refractivity contribution in [3.05, 3.63) is 20.8 Å². The summed E-state index contributed by atoms with van der Waals surface area (Å²) in [6.07, 6.45) is 0. The Balaban J connectivity index is 2.68. The van der Waals surface area contributed by atoms with E-state index in [4.69, 9.17) is 0 Å². The first-order valence-corrected chi connectivity index (χ1v) is 3.62. The molecule has 0 amide bonds. The number of aromatic nitrogens is 2. The first-order chi connectivity index (χ1) is 5.77. The average molecular weight is 168 g/mol. The minimum atomic E-state index is -0.491. The normalized spacial score (nSPS) is 14.3. The van der Waals surface area contributed by atoms with E-state index < -0.39 is 5.69 Å². The quantitative estimate of drug-likeness (QED) is 0.396. The van der Waals surface area contributed by atoms with Gasteiger partial charge in [-0.15, -0.1) is 0 Å². The van der Waals surface area contributed by atoms with Crippen LogP contribution in [-0.4, -0.2) is 23.1 Å². The van der Waals surface area contributed by atoms with Crippen LogP contribution in [0.3, 0.4) is 0 Å². The van der Waals surface area contributed by atoms with Crippen LogP contribution < -0.4 is 21.9 Å². The molecule has 2 rings (SSSR count). The molecule has 0 spiro atoms. The van der Waals surface area contributed by atoms with E-state index in [2.05, 4.69) is 20.6 Å². The van der Waals surface area contributed by atoms with E-state index in [0.29, 0.717) is 24.6 Å². The Morgan fingerprint density at radius 3 is 2.58 bits per heavy atom. The summed E-state index contributed by atoms with van der Waals surface area (Å²) in [5.41, 5.74) is -0.475. The molecule has 0 bridgehead atoms. The molecule has 0 saturated heterocycles. The number of hydrogen-bond acceptors (Lipinski definition) is 4. The molecular weight excluding hydrogens is 160 g/mol. The molecule has 6 nitrogen and oxygen atoms in total. The Morgan fingerprint density at radius 1 is 1.00 bits per heavy atom. The molecule has 0 fully saturated rings. The van der Waals surface area contributed by atoms with Gasteiger partial charge in [-0.25, -0.2) is 4.79 Å². The zero-order chi connectivity index (χ0) is 8.55. The lowest BCUT2D eigenvalue weighted by Crippen LogP contribution is -2.32. The second-order valence-corrected chi connectivity index (χ2v) is 2.51. The van der Waals surface area contributed by atoms with Gasteiger partial charge in [0.1, 0.15) is 11.5 Å². The van der Waals surface area contributed by atoms with E-state index in [0.717, 1.165) is 0 Å². The minimum Gasteiger partial charge on any atom is -0.376 e. The van der Waals surface area contributed by atoms with Crippen LogP contribution in [0.2, 0.25) is 0 Å². The number of aromatic amines is 2. The van der Waals surface area contributed by atoms with Crippen LogP contribution in [-0.2, 0) is 0 Å². The van der Waals surface area contributed by atoms with Crippen molar-refractivity contribution in [3.8, 4) is 0 Å². The van der Waals surface area contributed by atoms with Gasteiger partial charge >= 0.3 is 5.69 Å². The summed E-state index contributed by atoms with van der Waals surface area (Å²) in [4.78, 5) is 26.5. The first-order valence-electron chi connectivity index (χ1n) is 3.62. The number of hydrogen-bond donors (Lipinski definition) is 4. The van der Waals surface area contributed by atoms with Crippen molar-refractivity contribution in [1.29, 1.82) is 0 Å². The highest BCUT2D eigenvalue weighted by atomic mass is 16.2. The van der Waals surface area contributed by atoms with Crippen LogP contribution in [0.15, 0.2) is 9.59 Å². The van der Waals surface area contributed by atoms with E-state index in [1.165, 1.54) is 0 Å². The molecule has 4 N–H and O–H groups in total. The van der Waals surface area contributed by atoms with Gasteiger partial charge in [-0.1, -0.05) is 0 Å². The Labute approximate surface area is 67.0 Å². The highest BCUT2D eigenvalue weighted by molar-refractivity contribution is 5.64. The maximum Gasteiger partial charge on any atom is 0.327 e. The highest BCUT2D eigenvalue weighted by Gasteiger charge is 2.11. The van der Waals surface area contributed by atoms with Crippen LogP contribution >= 0.6 is 0 Å². The number of rotatable bonds is 0. The van der Waals surface area contributed by atoms with Crippen molar-refractivity contribution in [2.75, 3.05) is 23.7 Å². The Hall–Kier alpha value is -1.72. The maximum atomic E-state index is 11.1. The summed E-state index contributed by atoms with van der Waals surface area (Å²) in [6, 6.07) is 0. The maximum absolute atomic E-state index is 11.1. The average Bonchev–Trinajstić information content (AvgIpc) is 2.04. The van der Waals surface area contributed by atoms with E-state index in [9.17, 15) is 9.59 Å². The number of fused-ring (bicyclic) bond motifs is 1. The van der Waals surface area contributed by atoms with Crippen molar-refractivity contribution in [3.63, 3.8) is 0 Å². The lowest BCUT2D eigenvalue weighted by molar-refractivity contribution is 0.956. The van der Waals surface area contributed by atoms with Gasteiger partial charge in [-0.3, -0.25) is 14.8 Å². The summed E-state index contributed by atoms with van der Waals surface area (Å²) in [7, 11) is 0. The molecule has 0 saturated carbocycles. The van der Waals surface area contributed by atoms with Crippen LogP contribution in [0.4, 0.5) is 11.5 Å². The summed E-state index contributed by atoms with van der Waals surface area (Å²) in [6.45, 7) is 1.38. The lowest BCUT2D eigenvalue weighted by Gasteiger charge is -2.17. The topological polar surface area (TPSA) is 89.8 Å². The highest BCUT2D eigenvalue weighted by Crippen LogP contribution is 2.12. The molecule has 0 aromatic carbocycles. The zero-order valence-corrected chi connectivity index (χ0v) is 6.23. The van der Waals surface area contributed by atoms with Gasteiger partial charge in [0.25, 0.3) is 5.56 Å². The fourth-order valence-electron chi connectivity index (χ4n) is 1.16. The molecule has 2 heterocycles. The third-order valence-electron chi connectivity index (χ3n) is 1.67. The molecule has 12 heavy (non-hydrogen) atoms. The number of nitrogens with one attached hydrogen (secondary N) is 4. The van der Waals surface area contributed by atoms with Crippen molar-refractivity contribution in [2.24, 2.45) is 0 Å². The molecule has 0 radical (unpaired) electrons. The lowest BCUT2D eigenvalue weighted by atomic mass is 10.4. The van der Waals surface area contributed by atoms with Crippen LogP contribution in [0, 0.1) is 0 Å². The molecular formula is C6H8N4O2. The summed E-state index contributed by atoms with van der Waals surface area (Å²) in [5, 5.41) is 5.79. The van der Waals surface area contributed by atoms with E-state index in [1.54, 1.807) is 0 Å². The first kappa shape index (κ1) is 6.96. The third-order valence-corrected chi connectivity index (χ3v) is 1.67. The zero-order valence-electron chi connectivity index (χ0n) is 6.23. The number of H-pyrrole nitrogens is 2. The molecule has 0 aliphatic carbocycles. The molecule has 64 valence electrons. The fraction of sp³-hybridized carbons (Fsp3) is 0.333. The SMILES string of the molecule is O=c1[nH]c2c(c(=O)[nH]1)NCCN2. The fourth-order valence-corrected chi connectivity index (χ4v) is 1.16. The third kappa shape index (κ3) is 0.969. The molecule has 1 aromatic heterocycles. The monoisotopic (exact) mass is 168 g/mol. The Bertz CT molecular complexity index is 405. The second kappa shape index (κ2) is 2.40. The second-order valence-electron chi connectivity index (χ2n) is 2.51. The van der Waals surface area contributed by atoms with Crippen molar-refractivity contribution < 1.29 is 0 Å². The minimum absolute atomic E-state index is 0.388. The summed E-state index contributed by atoms with van der Waals surface area (Å²) < 4.78 is 0. The van der Waals surface area contributed by atoms with Crippen LogP contribution in [0.25, 0.3) is 0 Å². The van der Waals surface area contributed by atoms with Gasteiger partial charge in [0, 0.05) is 13.1 Å². The molecule has 1 aromatic rings. The molecule has 0 atom stereocenters. The number of anilines is 2. The molecule has 0 unspecified atom stereocenters. The van der Waals surface area contributed by atoms with Gasteiger partial charge in [-0.2, -0.15) is 0 Å². The smallest absolute Gasteiger partial charge is 0.327 e. The van der Waals surface area contributed by atoms with Gasteiger partial charge in [0.05, 0.1) is 0 Å². The van der Waals surface area contributed by atoms with E-state index in [1.807, 2.05) is 0 Å². The van der Waals surface area contributed by atoms with E-state index >= 15 is 0 Å². The van der Waals surface area contributed by atoms with Crippen LogP contribution in [0.1, 0.15) is 0 Å². The largest absolute Gasteiger partial charge is 0.376 e. The van der Waals surface area contributed by atoms with Crippen molar-refractivity contribution in [2.45, 2.75) is 0 Å². The molecule has 1 aliphatic rings. The van der Waals surface area contributed by atoms with Gasteiger partial charge in [0.2, 0.25) is 0 Å². The van der Waals surface area contributed by atoms with E-state index in [-0.39, 0.29) is 5.56 Å². The molecule has 6 heteroatoms. The predicted octanol–water partition coefficient (Wildman–Crippen LogP) is -1.10. The summed E-state index contributed by atoms with van der Waals surface area (Å²) in [5.74, 6) is 0.468. The standard InChI is InChI=1S/C6H8N4O2/c11-5-3-4(8-2-1-7-3)9-6(12)10-5/h7H,1-2H2,(H3,8,9,10,11,12). The Morgan fingerprint density at radius 2 is 1.75 bits per heavy atom.